The van der Waals surface area contributed by atoms with Gasteiger partial charge in [-0.15, -0.1) is 0 Å². The standard InChI is InChI=1S/C19H17ClN4O2/c20-14-7-4-8-15(9-14)24-17-16(18(25)22-19(24)26)11-23(12-21-17)10-13-5-2-1-3-6-13/h1-9,21H,10-12H2,(H,22,25,26)/p+1. The molecule has 0 radical (unpaired) electrons. The van der Waals surface area contributed by atoms with E-state index in [1.165, 1.54) is 15.0 Å². The van der Waals surface area contributed by atoms with Crippen molar-refractivity contribution < 1.29 is 4.90 Å². The van der Waals surface area contributed by atoms with Crippen molar-refractivity contribution in [2.75, 3.05) is 12.0 Å². The number of anilines is 1. The minimum atomic E-state index is -0.477. The number of halogens is 1. The predicted octanol–water partition coefficient (Wildman–Crippen LogP) is 1.15. The Morgan fingerprint density at radius 2 is 1.88 bits per heavy atom. The molecule has 2 aromatic carbocycles. The van der Waals surface area contributed by atoms with E-state index in [1.807, 2.05) is 18.2 Å². The molecule has 1 atom stereocenters. The van der Waals surface area contributed by atoms with Gasteiger partial charge in [-0.05, 0) is 18.2 Å². The highest BCUT2D eigenvalue weighted by molar-refractivity contribution is 6.30. The van der Waals surface area contributed by atoms with Gasteiger partial charge in [0.2, 0.25) is 0 Å². The molecule has 1 aliphatic heterocycles. The number of hydrogen-bond acceptors (Lipinski definition) is 3. The Balaban J connectivity index is 1.73. The van der Waals surface area contributed by atoms with Crippen molar-refractivity contribution >= 4 is 17.4 Å². The van der Waals surface area contributed by atoms with Crippen LogP contribution in [0, 0.1) is 0 Å². The number of fused-ring (bicyclic) bond motifs is 1. The summed E-state index contributed by atoms with van der Waals surface area (Å²) in [6.07, 6.45) is 0. The van der Waals surface area contributed by atoms with Crippen molar-refractivity contribution in [1.29, 1.82) is 0 Å². The van der Waals surface area contributed by atoms with Gasteiger partial charge in [-0.1, -0.05) is 48.0 Å². The highest BCUT2D eigenvalue weighted by Crippen LogP contribution is 2.19. The van der Waals surface area contributed by atoms with E-state index in [9.17, 15) is 9.59 Å². The van der Waals surface area contributed by atoms with E-state index in [4.69, 9.17) is 11.6 Å². The average molecular weight is 370 g/mol. The molecule has 3 aromatic rings. The van der Waals surface area contributed by atoms with E-state index in [2.05, 4.69) is 22.4 Å². The first-order valence-electron chi connectivity index (χ1n) is 8.37. The summed E-state index contributed by atoms with van der Waals surface area (Å²) in [6, 6.07) is 17.1. The molecule has 0 bridgehead atoms. The first-order valence-corrected chi connectivity index (χ1v) is 8.75. The maximum Gasteiger partial charge on any atom is 0.334 e. The Morgan fingerprint density at radius 3 is 2.65 bits per heavy atom. The van der Waals surface area contributed by atoms with Crippen molar-refractivity contribution in [2.45, 2.75) is 13.1 Å². The van der Waals surface area contributed by atoms with E-state index < -0.39 is 5.69 Å². The highest BCUT2D eigenvalue weighted by atomic mass is 35.5. The van der Waals surface area contributed by atoms with Gasteiger partial charge in [0.05, 0.1) is 5.69 Å². The molecule has 3 N–H and O–H groups in total. The van der Waals surface area contributed by atoms with Crippen molar-refractivity contribution in [2.24, 2.45) is 0 Å². The second-order valence-electron chi connectivity index (χ2n) is 6.34. The van der Waals surface area contributed by atoms with Crippen molar-refractivity contribution in [3.8, 4) is 5.69 Å². The fourth-order valence-electron chi connectivity index (χ4n) is 3.31. The number of rotatable bonds is 3. The lowest BCUT2D eigenvalue weighted by Crippen LogP contribution is -3.11. The fraction of sp³-hybridized carbons (Fsp3) is 0.158. The normalized spacial score (nSPS) is 16.0. The van der Waals surface area contributed by atoms with Crippen LogP contribution in [0.4, 0.5) is 5.82 Å². The molecule has 26 heavy (non-hydrogen) atoms. The Morgan fingerprint density at radius 1 is 1.08 bits per heavy atom. The van der Waals surface area contributed by atoms with Gasteiger partial charge >= 0.3 is 5.69 Å². The molecule has 0 spiro atoms. The zero-order valence-electron chi connectivity index (χ0n) is 14.0. The number of aromatic nitrogens is 2. The maximum atomic E-state index is 12.4. The molecular formula is C19H18ClN4O2+. The molecule has 0 amide bonds. The Hall–Kier alpha value is -2.83. The van der Waals surface area contributed by atoms with Crippen LogP contribution < -0.4 is 21.5 Å². The molecule has 0 fully saturated rings. The van der Waals surface area contributed by atoms with Crippen LogP contribution in [0.3, 0.4) is 0 Å². The van der Waals surface area contributed by atoms with E-state index in [0.29, 0.717) is 35.3 Å². The lowest BCUT2D eigenvalue weighted by molar-refractivity contribution is -0.926. The molecule has 0 saturated heterocycles. The minimum absolute atomic E-state index is 0.346. The summed E-state index contributed by atoms with van der Waals surface area (Å²) in [5.74, 6) is 0.540. The van der Waals surface area contributed by atoms with E-state index in [1.54, 1.807) is 24.3 Å². The second-order valence-corrected chi connectivity index (χ2v) is 6.78. The molecule has 1 unspecified atom stereocenters. The number of H-pyrrole nitrogens is 1. The third kappa shape index (κ3) is 3.16. The van der Waals surface area contributed by atoms with Crippen molar-refractivity contribution in [3.63, 3.8) is 0 Å². The molecule has 6 nitrogen and oxygen atoms in total. The van der Waals surface area contributed by atoms with Gasteiger partial charge < -0.3 is 10.2 Å². The number of aromatic amines is 1. The molecular weight excluding hydrogens is 352 g/mol. The quantitative estimate of drug-likeness (QED) is 0.648. The van der Waals surface area contributed by atoms with Gasteiger partial charge in [0, 0.05) is 10.6 Å². The summed E-state index contributed by atoms with van der Waals surface area (Å²) < 4.78 is 1.47. The molecule has 132 valence electrons. The molecule has 2 heterocycles. The Bertz CT molecular complexity index is 1060. The predicted molar refractivity (Wildman–Crippen MR) is 101 cm³/mol. The van der Waals surface area contributed by atoms with Crippen LogP contribution in [0.5, 0.6) is 0 Å². The van der Waals surface area contributed by atoms with Gasteiger partial charge in [-0.3, -0.25) is 9.78 Å². The van der Waals surface area contributed by atoms with Crippen molar-refractivity contribution in [3.05, 3.63) is 91.6 Å². The summed E-state index contributed by atoms with van der Waals surface area (Å²) in [6.45, 7) is 1.95. The van der Waals surface area contributed by atoms with Crippen LogP contribution in [-0.2, 0) is 13.1 Å². The molecule has 4 rings (SSSR count). The van der Waals surface area contributed by atoms with Crippen LogP contribution in [0.25, 0.3) is 5.69 Å². The SMILES string of the molecule is O=c1[nH]c(=O)n(-c2cccc(Cl)c2)c2c1C[NH+](Cc1ccccc1)CN2. The molecule has 0 aliphatic carbocycles. The highest BCUT2D eigenvalue weighted by Gasteiger charge is 2.26. The third-order valence-corrected chi connectivity index (χ3v) is 4.74. The van der Waals surface area contributed by atoms with Crippen LogP contribution in [0.2, 0.25) is 5.02 Å². The summed E-state index contributed by atoms with van der Waals surface area (Å²) in [5.41, 5.74) is 1.57. The smallest absolute Gasteiger partial charge is 0.324 e. The number of hydrogen-bond donors (Lipinski definition) is 3. The van der Waals surface area contributed by atoms with Crippen LogP contribution in [0.15, 0.2) is 64.2 Å². The molecule has 1 aromatic heterocycles. The largest absolute Gasteiger partial charge is 0.334 e. The Kier molecular flexibility index (Phi) is 4.36. The summed E-state index contributed by atoms with van der Waals surface area (Å²) in [7, 11) is 0. The summed E-state index contributed by atoms with van der Waals surface area (Å²) >= 11 is 6.06. The van der Waals surface area contributed by atoms with E-state index in [-0.39, 0.29) is 5.56 Å². The van der Waals surface area contributed by atoms with Crippen molar-refractivity contribution in [1.82, 2.24) is 9.55 Å². The summed E-state index contributed by atoms with van der Waals surface area (Å²) in [4.78, 5) is 28.4. The van der Waals surface area contributed by atoms with E-state index in [0.717, 1.165) is 6.54 Å². The monoisotopic (exact) mass is 369 g/mol. The van der Waals surface area contributed by atoms with E-state index >= 15 is 0 Å². The van der Waals surface area contributed by atoms with Gasteiger partial charge in [0.1, 0.15) is 24.5 Å². The molecule has 7 heteroatoms. The lowest BCUT2D eigenvalue weighted by Gasteiger charge is -2.28. The fourth-order valence-corrected chi connectivity index (χ4v) is 3.50. The van der Waals surface area contributed by atoms with Crippen LogP contribution in [-0.4, -0.2) is 16.2 Å². The molecule has 1 aliphatic rings. The number of nitrogens with zero attached hydrogens (tertiary/aromatic N) is 1. The Labute approximate surface area is 154 Å². The zero-order valence-corrected chi connectivity index (χ0v) is 14.7. The number of quaternary nitrogens is 1. The number of benzene rings is 2. The minimum Gasteiger partial charge on any atom is -0.324 e. The third-order valence-electron chi connectivity index (χ3n) is 4.50. The number of nitrogens with one attached hydrogen (secondary N) is 3. The summed E-state index contributed by atoms with van der Waals surface area (Å²) in [5, 5.41) is 3.79. The zero-order chi connectivity index (χ0) is 18.1. The van der Waals surface area contributed by atoms with Gasteiger partial charge in [-0.2, -0.15) is 0 Å². The first kappa shape index (κ1) is 16.6. The first-order chi connectivity index (χ1) is 12.6. The maximum absolute atomic E-state index is 12.4. The topological polar surface area (TPSA) is 71.3 Å². The van der Waals surface area contributed by atoms with Crippen LogP contribution in [0.1, 0.15) is 11.1 Å². The van der Waals surface area contributed by atoms with Crippen LogP contribution >= 0.6 is 11.6 Å². The second kappa shape index (κ2) is 6.82. The van der Waals surface area contributed by atoms with Gasteiger partial charge in [0.15, 0.2) is 6.67 Å². The lowest BCUT2D eigenvalue weighted by atomic mass is 10.1. The van der Waals surface area contributed by atoms with Gasteiger partial charge in [0.25, 0.3) is 5.56 Å². The molecule has 0 saturated carbocycles. The average Bonchev–Trinajstić information content (AvgIpc) is 2.63. The van der Waals surface area contributed by atoms with Gasteiger partial charge in [-0.25, -0.2) is 9.36 Å².